The molecular weight excluding hydrogens is 262 g/mol. The monoisotopic (exact) mass is 283 g/mol. The summed E-state index contributed by atoms with van der Waals surface area (Å²) in [6.07, 6.45) is 1.88. The lowest BCUT2D eigenvalue weighted by molar-refractivity contribution is 0.108. The molecule has 0 spiro atoms. The minimum atomic E-state index is 0.433. The Labute approximate surface area is 125 Å². The molecule has 110 valence electrons. The Kier molecular flexibility index (Phi) is 4.41. The van der Waals surface area contributed by atoms with Crippen LogP contribution in [0.3, 0.4) is 0 Å². The van der Waals surface area contributed by atoms with Gasteiger partial charge in [-0.05, 0) is 36.1 Å². The van der Waals surface area contributed by atoms with Crippen LogP contribution < -0.4 is 10.5 Å². The van der Waals surface area contributed by atoms with Crippen molar-refractivity contribution in [2.75, 3.05) is 25.6 Å². The van der Waals surface area contributed by atoms with Crippen molar-refractivity contribution in [1.82, 2.24) is 0 Å². The van der Waals surface area contributed by atoms with E-state index >= 15 is 0 Å². The Morgan fingerprint density at radius 2 is 1.90 bits per heavy atom. The van der Waals surface area contributed by atoms with Gasteiger partial charge in [0.05, 0.1) is 19.8 Å². The largest absolute Gasteiger partial charge is 0.493 e. The number of anilines is 1. The van der Waals surface area contributed by atoms with Crippen LogP contribution in [0.1, 0.15) is 23.5 Å². The van der Waals surface area contributed by atoms with Crippen molar-refractivity contribution < 1.29 is 9.47 Å². The van der Waals surface area contributed by atoms with Crippen molar-refractivity contribution in [3.8, 4) is 5.75 Å². The third kappa shape index (κ3) is 3.37. The van der Waals surface area contributed by atoms with E-state index in [2.05, 4.69) is 18.2 Å². The Bertz CT molecular complexity index is 597. The molecule has 1 aliphatic heterocycles. The summed E-state index contributed by atoms with van der Waals surface area (Å²) in [5.74, 6) is 1.44. The van der Waals surface area contributed by atoms with Crippen molar-refractivity contribution >= 4 is 5.69 Å². The molecule has 0 radical (unpaired) electrons. The highest BCUT2D eigenvalue weighted by Gasteiger charge is 2.20. The summed E-state index contributed by atoms with van der Waals surface area (Å²) in [6, 6.07) is 16.2. The second kappa shape index (κ2) is 6.64. The van der Waals surface area contributed by atoms with E-state index < -0.39 is 0 Å². The van der Waals surface area contributed by atoms with Crippen LogP contribution in [-0.2, 0) is 11.2 Å². The first-order chi connectivity index (χ1) is 10.3. The number of hydrogen-bond acceptors (Lipinski definition) is 3. The van der Waals surface area contributed by atoms with Gasteiger partial charge in [0, 0.05) is 11.6 Å². The van der Waals surface area contributed by atoms with Gasteiger partial charge in [-0.2, -0.15) is 0 Å². The summed E-state index contributed by atoms with van der Waals surface area (Å²) in [6.45, 7) is 2.22. The van der Waals surface area contributed by atoms with E-state index in [-0.39, 0.29) is 0 Å². The van der Waals surface area contributed by atoms with Crippen LogP contribution in [0.15, 0.2) is 48.5 Å². The molecule has 0 aliphatic carbocycles. The Morgan fingerprint density at radius 1 is 1.10 bits per heavy atom. The molecule has 2 aromatic carbocycles. The molecule has 0 amide bonds. The summed E-state index contributed by atoms with van der Waals surface area (Å²) < 4.78 is 11.6. The summed E-state index contributed by atoms with van der Waals surface area (Å²) in [4.78, 5) is 0. The topological polar surface area (TPSA) is 44.5 Å². The van der Waals surface area contributed by atoms with Gasteiger partial charge in [-0.1, -0.05) is 36.4 Å². The highest BCUT2D eigenvalue weighted by atomic mass is 16.5. The molecule has 1 unspecified atom stereocenters. The quantitative estimate of drug-likeness (QED) is 0.675. The van der Waals surface area contributed by atoms with Gasteiger partial charge < -0.3 is 15.2 Å². The van der Waals surface area contributed by atoms with E-state index in [9.17, 15) is 0 Å². The molecule has 0 saturated heterocycles. The second-order valence-corrected chi connectivity index (χ2v) is 5.40. The van der Waals surface area contributed by atoms with E-state index in [1.54, 1.807) is 0 Å². The number of ether oxygens (including phenoxy) is 2. The molecule has 0 saturated carbocycles. The molecule has 1 aliphatic rings. The minimum Gasteiger partial charge on any atom is -0.493 e. The average molecular weight is 283 g/mol. The fourth-order valence-corrected chi connectivity index (χ4v) is 2.76. The Balaban J connectivity index is 1.52. The predicted molar refractivity (Wildman–Crippen MR) is 84.7 cm³/mol. The highest BCUT2D eigenvalue weighted by Crippen LogP contribution is 2.33. The van der Waals surface area contributed by atoms with Crippen LogP contribution in [0, 0.1) is 0 Å². The highest BCUT2D eigenvalue weighted by molar-refractivity contribution is 5.46. The van der Waals surface area contributed by atoms with Crippen molar-refractivity contribution in [1.29, 1.82) is 0 Å². The van der Waals surface area contributed by atoms with Crippen molar-refractivity contribution in [2.45, 2.75) is 18.8 Å². The molecule has 3 heteroatoms. The van der Waals surface area contributed by atoms with Gasteiger partial charge in [-0.3, -0.25) is 0 Å². The zero-order valence-corrected chi connectivity index (χ0v) is 12.1. The zero-order chi connectivity index (χ0) is 14.5. The average Bonchev–Trinajstić information content (AvgIpc) is 2.53. The smallest absolute Gasteiger partial charge is 0.122 e. The SMILES string of the molecule is Nc1ccccc1CCOCC1CCOc2ccccc21. The second-order valence-electron chi connectivity index (χ2n) is 5.40. The van der Waals surface area contributed by atoms with E-state index in [4.69, 9.17) is 15.2 Å². The lowest BCUT2D eigenvalue weighted by atomic mass is 9.94. The number of benzene rings is 2. The van der Waals surface area contributed by atoms with E-state index in [0.29, 0.717) is 12.5 Å². The normalized spacial score (nSPS) is 17.0. The third-order valence-electron chi connectivity index (χ3n) is 3.97. The number of hydrogen-bond donors (Lipinski definition) is 1. The number of nitrogens with two attached hydrogens (primary N) is 1. The molecule has 3 rings (SSSR count). The van der Waals surface area contributed by atoms with Crippen LogP contribution in [-0.4, -0.2) is 19.8 Å². The molecule has 1 heterocycles. The molecule has 2 aromatic rings. The molecule has 0 fully saturated rings. The van der Waals surface area contributed by atoms with Gasteiger partial charge in [0.2, 0.25) is 0 Å². The maximum Gasteiger partial charge on any atom is 0.122 e. The summed E-state index contributed by atoms with van der Waals surface area (Å²) >= 11 is 0. The summed E-state index contributed by atoms with van der Waals surface area (Å²) in [5, 5.41) is 0. The first kappa shape index (κ1) is 14.0. The molecule has 3 nitrogen and oxygen atoms in total. The van der Waals surface area contributed by atoms with E-state index in [0.717, 1.165) is 43.1 Å². The van der Waals surface area contributed by atoms with Gasteiger partial charge in [0.1, 0.15) is 5.75 Å². The molecule has 2 N–H and O–H groups in total. The molecule has 0 bridgehead atoms. The standard InChI is InChI=1S/C18H21NO2/c19-17-7-3-1-5-14(17)9-11-20-13-15-10-12-21-18-8-4-2-6-16(15)18/h1-8,15H,9-13,19H2. The number of rotatable bonds is 5. The van der Waals surface area contributed by atoms with Crippen LogP contribution in [0.25, 0.3) is 0 Å². The fourth-order valence-electron chi connectivity index (χ4n) is 2.76. The first-order valence-electron chi connectivity index (χ1n) is 7.47. The predicted octanol–water partition coefficient (Wildman–Crippen LogP) is 3.39. The fraction of sp³-hybridized carbons (Fsp3) is 0.333. The zero-order valence-electron chi connectivity index (χ0n) is 12.1. The van der Waals surface area contributed by atoms with Gasteiger partial charge in [0.25, 0.3) is 0 Å². The lowest BCUT2D eigenvalue weighted by Gasteiger charge is -2.25. The van der Waals surface area contributed by atoms with Crippen LogP contribution >= 0.6 is 0 Å². The summed E-state index contributed by atoms with van der Waals surface area (Å²) in [7, 11) is 0. The minimum absolute atomic E-state index is 0.433. The maximum atomic E-state index is 5.94. The van der Waals surface area contributed by atoms with Gasteiger partial charge in [-0.25, -0.2) is 0 Å². The van der Waals surface area contributed by atoms with Crippen molar-refractivity contribution in [2.24, 2.45) is 0 Å². The van der Waals surface area contributed by atoms with Crippen molar-refractivity contribution in [3.05, 3.63) is 59.7 Å². The van der Waals surface area contributed by atoms with E-state index in [1.807, 2.05) is 30.3 Å². The summed E-state index contributed by atoms with van der Waals surface area (Å²) in [5.41, 5.74) is 9.21. The maximum absolute atomic E-state index is 5.94. The first-order valence-corrected chi connectivity index (χ1v) is 7.47. The molecular formula is C18H21NO2. The number of fused-ring (bicyclic) bond motifs is 1. The third-order valence-corrected chi connectivity index (χ3v) is 3.97. The van der Waals surface area contributed by atoms with Crippen LogP contribution in [0.5, 0.6) is 5.75 Å². The Morgan fingerprint density at radius 3 is 2.81 bits per heavy atom. The van der Waals surface area contributed by atoms with Gasteiger partial charge in [-0.15, -0.1) is 0 Å². The lowest BCUT2D eigenvalue weighted by Crippen LogP contribution is -2.18. The number of nitrogen functional groups attached to an aromatic ring is 1. The van der Waals surface area contributed by atoms with E-state index in [1.165, 1.54) is 5.56 Å². The van der Waals surface area contributed by atoms with Gasteiger partial charge >= 0.3 is 0 Å². The molecule has 1 atom stereocenters. The number of para-hydroxylation sites is 2. The van der Waals surface area contributed by atoms with Gasteiger partial charge in [0.15, 0.2) is 0 Å². The van der Waals surface area contributed by atoms with Crippen LogP contribution in [0.4, 0.5) is 5.69 Å². The van der Waals surface area contributed by atoms with Crippen LogP contribution in [0.2, 0.25) is 0 Å². The van der Waals surface area contributed by atoms with Crippen molar-refractivity contribution in [3.63, 3.8) is 0 Å². The Hall–Kier alpha value is -2.00. The molecule has 0 aromatic heterocycles. The molecule has 21 heavy (non-hydrogen) atoms.